The van der Waals surface area contributed by atoms with Gasteiger partial charge in [-0.2, -0.15) is 0 Å². The zero-order valence-electron chi connectivity index (χ0n) is 10.00. The zero-order valence-corrected chi connectivity index (χ0v) is 10.8. The average molecular weight is 257 g/mol. The van der Waals surface area contributed by atoms with E-state index in [0.29, 0.717) is 12.5 Å². The molecule has 0 aromatic carbocycles. The zero-order chi connectivity index (χ0) is 12.8. The molecule has 17 heavy (non-hydrogen) atoms. The van der Waals surface area contributed by atoms with Gasteiger partial charge in [0, 0.05) is 12.6 Å². The lowest BCUT2D eigenvalue weighted by atomic mass is 10.1. The first-order valence-electron chi connectivity index (χ1n) is 5.60. The Morgan fingerprint density at radius 2 is 2.18 bits per heavy atom. The van der Waals surface area contributed by atoms with Crippen LogP contribution in [-0.4, -0.2) is 22.8 Å². The van der Waals surface area contributed by atoms with Crippen molar-refractivity contribution < 1.29 is 4.79 Å². The number of carbonyl (C=O) groups is 1. The van der Waals surface area contributed by atoms with Crippen LogP contribution in [0.25, 0.3) is 0 Å². The van der Waals surface area contributed by atoms with Gasteiger partial charge in [0.05, 0.1) is 5.38 Å². The topological polar surface area (TPSA) is 62.0 Å². The van der Waals surface area contributed by atoms with Crippen molar-refractivity contribution in [1.29, 1.82) is 0 Å². The largest absolute Gasteiger partial charge is 0.349 e. The van der Waals surface area contributed by atoms with Crippen LogP contribution < -0.4 is 10.9 Å². The van der Waals surface area contributed by atoms with Crippen molar-refractivity contribution in [1.82, 2.24) is 10.3 Å². The van der Waals surface area contributed by atoms with Gasteiger partial charge in [0.15, 0.2) is 0 Å². The molecule has 0 saturated carbocycles. The number of aromatic nitrogens is 1. The Hall–Kier alpha value is -1.29. The number of aromatic amines is 1. The van der Waals surface area contributed by atoms with E-state index in [1.54, 1.807) is 12.1 Å². The van der Waals surface area contributed by atoms with Gasteiger partial charge in [-0.1, -0.05) is 19.9 Å². The monoisotopic (exact) mass is 256 g/mol. The van der Waals surface area contributed by atoms with Crippen LogP contribution in [0.5, 0.6) is 0 Å². The van der Waals surface area contributed by atoms with E-state index in [-0.39, 0.29) is 22.5 Å². The van der Waals surface area contributed by atoms with Crippen molar-refractivity contribution in [2.45, 2.75) is 25.6 Å². The van der Waals surface area contributed by atoms with E-state index in [0.717, 1.165) is 6.42 Å². The molecule has 94 valence electrons. The number of rotatable bonds is 5. The molecule has 0 aliphatic rings. The summed E-state index contributed by atoms with van der Waals surface area (Å²) >= 11 is 6.05. The third-order valence-electron chi connectivity index (χ3n) is 2.22. The molecule has 1 aromatic rings. The molecule has 0 radical (unpaired) electrons. The Bertz CT molecular complexity index is 429. The molecule has 5 heteroatoms. The molecule has 1 heterocycles. The van der Waals surface area contributed by atoms with Crippen LogP contribution in [0.2, 0.25) is 0 Å². The molecule has 1 amide bonds. The number of hydrogen-bond donors (Lipinski definition) is 2. The van der Waals surface area contributed by atoms with E-state index in [9.17, 15) is 9.59 Å². The highest BCUT2D eigenvalue weighted by atomic mass is 35.5. The number of pyridine rings is 1. The maximum atomic E-state index is 11.6. The summed E-state index contributed by atoms with van der Waals surface area (Å²) in [6, 6.07) is 4.46. The highest BCUT2D eigenvalue weighted by Crippen LogP contribution is 2.09. The highest BCUT2D eigenvalue weighted by Gasteiger charge is 2.10. The van der Waals surface area contributed by atoms with Crippen LogP contribution in [0, 0.1) is 5.92 Å². The summed E-state index contributed by atoms with van der Waals surface area (Å²) in [7, 11) is 0. The third-order valence-corrected chi connectivity index (χ3v) is 2.56. The molecule has 0 aliphatic heterocycles. The molecular weight excluding hydrogens is 240 g/mol. The molecule has 4 nitrogen and oxygen atoms in total. The number of amides is 1. The molecule has 0 fully saturated rings. The number of alkyl halides is 1. The SMILES string of the molecule is CC(C)CC(Cl)CNC(=O)c1cccc(=O)[nH]1. The number of H-pyrrole nitrogens is 1. The molecule has 0 aliphatic carbocycles. The minimum atomic E-state index is -0.308. The normalized spacial score (nSPS) is 12.5. The van der Waals surface area contributed by atoms with Crippen LogP contribution in [0.4, 0.5) is 0 Å². The summed E-state index contributed by atoms with van der Waals surface area (Å²) in [6.07, 6.45) is 0.840. The lowest BCUT2D eigenvalue weighted by Gasteiger charge is -2.12. The van der Waals surface area contributed by atoms with Gasteiger partial charge >= 0.3 is 0 Å². The molecule has 2 N–H and O–H groups in total. The fraction of sp³-hybridized carbons (Fsp3) is 0.500. The van der Waals surface area contributed by atoms with E-state index in [4.69, 9.17) is 11.6 Å². The summed E-state index contributed by atoms with van der Waals surface area (Å²) in [5.74, 6) is 0.183. The lowest BCUT2D eigenvalue weighted by Crippen LogP contribution is -2.31. The minimum Gasteiger partial charge on any atom is -0.349 e. The predicted octanol–water partition coefficient (Wildman–Crippen LogP) is 1.76. The highest BCUT2D eigenvalue weighted by molar-refractivity contribution is 6.20. The van der Waals surface area contributed by atoms with Crippen molar-refractivity contribution in [3.63, 3.8) is 0 Å². The second-order valence-electron chi connectivity index (χ2n) is 4.37. The summed E-state index contributed by atoms with van der Waals surface area (Å²) in [6.45, 7) is 4.55. The molecule has 0 saturated heterocycles. The molecule has 1 rings (SSSR count). The predicted molar refractivity (Wildman–Crippen MR) is 68.5 cm³/mol. The van der Waals surface area contributed by atoms with Gasteiger partial charge in [-0.05, 0) is 18.4 Å². The van der Waals surface area contributed by atoms with E-state index in [1.807, 2.05) is 0 Å². The van der Waals surface area contributed by atoms with Crippen LogP contribution in [0.3, 0.4) is 0 Å². The summed E-state index contributed by atoms with van der Waals surface area (Å²) in [4.78, 5) is 25.1. The maximum absolute atomic E-state index is 11.6. The molecular formula is C12H17ClN2O2. The van der Waals surface area contributed by atoms with Gasteiger partial charge in [0.2, 0.25) is 5.56 Å². The Morgan fingerprint density at radius 3 is 2.76 bits per heavy atom. The molecule has 1 atom stereocenters. The van der Waals surface area contributed by atoms with Gasteiger partial charge in [-0.15, -0.1) is 11.6 Å². The molecule has 1 unspecified atom stereocenters. The summed E-state index contributed by atoms with van der Waals surface area (Å²) < 4.78 is 0. The number of halogens is 1. The van der Waals surface area contributed by atoms with Crippen LogP contribution in [0.15, 0.2) is 23.0 Å². The second kappa shape index (κ2) is 6.45. The van der Waals surface area contributed by atoms with Crippen LogP contribution in [-0.2, 0) is 0 Å². The average Bonchev–Trinajstić information content (AvgIpc) is 2.25. The number of hydrogen-bond acceptors (Lipinski definition) is 2. The van der Waals surface area contributed by atoms with E-state index >= 15 is 0 Å². The third kappa shape index (κ3) is 5.04. The minimum absolute atomic E-state index is 0.0885. The first-order chi connectivity index (χ1) is 7.99. The fourth-order valence-corrected chi connectivity index (χ4v) is 1.91. The van der Waals surface area contributed by atoms with Gasteiger partial charge in [0.25, 0.3) is 5.91 Å². The molecule has 0 bridgehead atoms. The fourth-order valence-electron chi connectivity index (χ4n) is 1.47. The molecule has 1 aromatic heterocycles. The van der Waals surface area contributed by atoms with Gasteiger partial charge in [0.1, 0.15) is 5.69 Å². The Labute approximate surface area is 105 Å². The standard InChI is InChI=1S/C12H17ClN2O2/c1-8(2)6-9(13)7-14-12(17)10-4-3-5-11(16)15-10/h3-5,8-9H,6-7H2,1-2H3,(H,14,17)(H,15,16). The maximum Gasteiger partial charge on any atom is 0.267 e. The first-order valence-corrected chi connectivity index (χ1v) is 6.04. The van der Waals surface area contributed by atoms with Gasteiger partial charge in [-0.3, -0.25) is 9.59 Å². The van der Waals surface area contributed by atoms with Crippen molar-refractivity contribution in [3.05, 3.63) is 34.2 Å². The van der Waals surface area contributed by atoms with Crippen molar-refractivity contribution in [3.8, 4) is 0 Å². The van der Waals surface area contributed by atoms with Crippen molar-refractivity contribution in [2.24, 2.45) is 5.92 Å². The Balaban J connectivity index is 2.47. The van der Waals surface area contributed by atoms with E-state index in [1.165, 1.54) is 6.07 Å². The first kappa shape index (κ1) is 13.8. The van der Waals surface area contributed by atoms with Crippen molar-refractivity contribution in [2.75, 3.05) is 6.54 Å². The Kier molecular flexibility index (Phi) is 5.22. The van der Waals surface area contributed by atoms with E-state index < -0.39 is 0 Å². The Morgan fingerprint density at radius 1 is 1.47 bits per heavy atom. The second-order valence-corrected chi connectivity index (χ2v) is 4.98. The van der Waals surface area contributed by atoms with Gasteiger partial charge < -0.3 is 10.3 Å². The van der Waals surface area contributed by atoms with Crippen LogP contribution in [0.1, 0.15) is 30.8 Å². The quantitative estimate of drug-likeness (QED) is 0.789. The lowest BCUT2D eigenvalue weighted by molar-refractivity contribution is 0.0947. The molecule has 0 spiro atoms. The summed E-state index contributed by atoms with van der Waals surface area (Å²) in [5.41, 5.74) is -0.0341. The van der Waals surface area contributed by atoms with Crippen molar-refractivity contribution >= 4 is 17.5 Å². The van der Waals surface area contributed by atoms with Crippen LogP contribution >= 0.6 is 11.6 Å². The number of nitrogens with one attached hydrogen (secondary N) is 2. The van der Waals surface area contributed by atoms with E-state index in [2.05, 4.69) is 24.1 Å². The van der Waals surface area contributed by atoms with Gasteiger partial charge in [-0.25, -0.2) is 0 Å². The summed E-state index contributed by atoms with van der Waals surface area (Å²) in [5, 5.41) is 2.60. The smallest absolute Gasteiger partial charge is 0.267 e. The number of carbonyl (C=O) groups excluding carboxylic acids is 1.